The molecule has 1 saturated heterocycles. The zero-order valence-corrected chi connectivity index (χ0v) is 18.3. The van der Waals surface area contributed by atoms with Crippen molar-refractivity contribution in [3.05, 3.63) is 52.6 Å². The van der Waals surface area contributed by atoms with Crippen LogP contribution in [0.25, 0.3) is 10.7 Å². The number of aromatic nitrogens is 3. The van der Waals surface area contributed by atoms with Crippen LogP contribution in [0.5, 0.6) is 0 Å². The summed E-state index contributed by atoms with van der Waals surface area (Å²) >= 11 is 4.51. The lowest BCUT2D eigenvalue weighted by Gasteiger charge is -2.16. The zero-order valence-electron chi connectivity index (χ0n) is 15.1. The Morgan fingerprint density at radius 2 is 1.93 bits per heavy atom. The first-order valence-corrected chi connectivity index (χ1v) is 11.9. The van der Waals surface area contributed by atoms with Crippen molar-refractivity contribution >= 4 is 48.3 Å². The number of amides is 1. The lowest BCUT2D eigenvalue weighted by molar-refractivity contribution is 0.102. The minimum atomic E-state index is -3.62. The van der Waals surface area contributed by atoms with Crippen LogP contribution in [-0.4, -0.2) is 46.9 Å². The molecule has 1 aromatic carbocycles. The number of anilines is 1. The van der Waals surface area contributed by atoms with Gasteiger partial charge in [0.05, 0.1) is 10.5 Å². The van der Waals surface area contributed by atoms with Crippen molar-refractivity contribution in [1.82, 2.24) is 19.5 Å². The van der Waals surface area contributed by atoms with E-state index in [9.17, 15) is 13.2 Å². The molecule has 0 atom stereocenters. The van der Waals surface area contributed by atoms with Crippen LogP contribution in [0.2, 0.25) is 0 Å². The number of hydrogen-bond acceptors (Lipinski definition) is 7. The molecule has 1 aliphatic rings. The Labute approximate surface area is 180 Å². The van der Waals surface area contributed by atoms with Crippen LogP contribution >= 0.6 is 27.3 Å². The van der Waals surface area contributed by atoms with Gasteiger partial charge in [0.1, 0.15) is 5.69 Å². The van der Waals surface area contributed by atoms with Crippen LogP contribution in [0.4, 0.5) is 5.13 Å². The molecule has 0 bridgehead atoms. The molecule has 3 aromatic rings. The summed E-state index contributed by atoms with van der Waals surface area (Å²) in [5.74, 6) is -0.473. The first-order valence-electron chi connectivity index (χ1n) is 8.81. The van der Waals surface area contributed by atoms with Crippen molar-refractivity contribution in [3.63, 3.8) is 0 Å². The Balaban J connectivity index is 1.57. The molecule has 4 rings (SSSR count). The molecule has 1 fully saturated rings. The highest BCUT2D eigenvalue weighted by Gasteiger charge is 2.28. The number of nitrogens with one attached hydrogen (secondary N) is 1. The van der Waals surface area contributed by atoms with Crippen molar-refractivity contribution in [2.75, 3.05) is 18.4 Å². The summed E-state index contributed by atoms with van der Waals surface area (Å²) in [7, 11) is -3.62. The van der Waals surface area contributed by atoms with Gasteiger partial charge in [-0.2, -0.15) is 4.31 Å². The summed E-state index contributed by atoms with van der Waals surface area (Å²) in [5.41, 5.74) is 0.866. The topological polar surface area (TPSA) is 105 Å². The maximum absolute atomic E-state index is 12.8. The van der Waals surface area contributed by atoms with E-state index in [0.717, 1.165) is 12.8 Å². The van der Waals surface area contributed by atoms with Gasteiger partial charge in [-0.25, -0.2) is 8.42 Å². The van der Waals surface area contributed by atoms with Gasteiger partial charge < -0.3 is 0 Å². The van der Waals surface area contributed by atoms with Crippen LogP contribution in [0.3, 0.4) is 0 Å². The lowest BCUT2D eigenvalue weighted by atomic mass is 10.2. The van der Waals surface area contributed by atoms with Gasteiger partial charge in [-0.05, 0) is 59.1 Å². The van der Waals surface area contributed by atoms with Crippen molar-refractivity contribution < 1.29 is 13.2 Å². The number of halogens is 1. The molecule has 2 aromatic heterocycles. The maximum atomic E-state index is 12.8. The molecule has 1 amide bonds. The average Bonchev–Trinajstić information content (AvgIpc) is 3.41. The Morgan fingerprint density at radius 1 is 1.14 bits per heavy atom. The minimum Gasteiger partial charge on any atom is -0.296 e. The molecule has 1 N–H and O–H groups in total. The fraction of sp³-hybridized carbons (Fsp3) is 0.222. The minimum absolute atomic E-state index is 0.0965. The fourth-order valence-electron chi connectivity index (χ4n) is 2.95. The highest BCUT2D eigenvalue weighted by Crippen LogP contribution is 2.28. The van der Waals surface area contributed by atoms with Gasteiger partial charge in [-0.15, -0.1) is 10.2 Å². The van der Waals surface area contributed by atoms with E-state index in [2.05, 4.69) is 36.4 Å². The highest BCUT2D eigenvalue weighted by atomic mass is 79.9. The zero-order chi connectivity index (χ0) is 20.4. The van der Waals surface area contributed by atoms with Gasteiger partial charge in [0, 0.05) is 23.8 Å². The number of rotatable bonds is 5. The van der Waals surface area contributed by atoms with Crippen LogP contribution in [0, 0.1) is 0 Å². The molecule has 8 nitrogen and oxygen atoms in total. The molecule has 0 radical (unpaired) electrons. The monoisotopic (exact) mass is 493 g/mol. The number of carbonyl (C=O) groups excluding carboxylic acids is 1. The van der Waals surface area contributed by atoms with Gasteiger partial charge in [0.15, 0.2) is 5.01 Å². The molecule has 29 heavy (non-hydrogen) atoms. The second-order valence-electron chi connectivity index (χ2n) is 6.33. The van der Waals surface area contributed by atoms with Crippen LogP contribution in [0.15, 0.2) is 52.0 Å². The molecular formula is C18H16BrN5O3S2. The van der Waals surface area contributed by atoms with Crippen molar-refractivity contribution in [1.29, 1.82) is 0 Å². The van der Waals surface area contributed by atoms with E-state index >= 15 is 0 Å². The third-order valence-corrected chi connectivity index (χ3v) is 7.86. The predicted molar refractivity (Wildman–Crippen MR) is 113 cm³/mol. The first kappa shape index (κ1) is 20.1. The van der Waals surface area contributed by atoms with Crippen LogP contribution in [0.1, 0.15) is 23.2 Å². The Morgan fingerprint density at radius 3 is 2.66 bits per heavy atom. The van der Waals surface area contributed by atoms with Crippen molar-refractivity contribution in [3.8, 4) is 10.7 Å². The summed E-state index contributed by atoms with van der Waals surface area (Å²) < 4.78 is 27.5. The second-order valence-corrected chi connectivity index (χ2v) is 10.1. The van der Waals surface area contributed by atoms with Crippen LogP contribution in [-0.2, 0) is 10.0 Å². The van der Waals surface area contributed by atoms with Gasteiger partial charge in [0.2, 0.25) is 15.2 Å². The van der Waals surface area contributed by atoms with E-state index in [0.29, 0.717) is 33.4 Å². The van der Waals surface area contributed by atoms with Gasteiger partial charge in [-0.1, -0.05) is 17.4 Å². The largest absolute Gasteiger partial charge is 0.296 e. The average molecular weight is 494 g/mol. The molecular weight excluding hydrogens is 478 g/mol. The molecule has 1 aliphatic heterocycles. The van der Waals surface area contributed by atoms with E-state index in [1.165, 1.54) is 27.8 Å². The Bertz CT molecular complexity index is 1150. The number of pyridine rings is 1. The maximum Gasteiger partial charge on any atom is 0.258 e. The van der Waals surface area contributed by atoms with E-state index in [-0.39, 0.29) is 10.5 Å². The highest BCUT2D eigenvalue weighted by molar-refractivity contribution is 9.10. The number of sulfonamides is 1. The lowest BCUT2D eigenvalue weighted by Crippen LogP contribution is -2.28. The van der Waals surface area contributed by atoms with Gasteiger partial charge in [0.25, 0.3) is 5.91 Å². The van der Waals surface area contributed by atoms with E-state index in [1.54, 1.807) is 24.4 Å². The quantitative estimate of drug-likeness (QED) is 0.583. The van der Waals surface area contributed by atoms with Gasteiger partial charge >= 0.3 is 0 Å². The summed E-state index contributed by atoms with van der Waals surface area (Å²) in [6.07, 6.45) is 3.34. The molecule has 0 spiro atoms. The molecule has 0 unspecified atom stereocenters. The van der Waals surface area contributed by atoms with Crippen molar-refractivity contribution in [2.45, 2.75) is 17.7 Å². The summed E-state index contributed by atoms with van der Waals surface area (Å²) in [5, 5.41) is 11.6. The third-order valence-electron chi connectivity index (χ3n) is 4.41. The number of nitrogens with zero attached hydrogens (tertiary/aromatic N) is 4. The van der Waals surface area contributed by atoms with E-state index < -0.39 is 15.9 Å². The third kappa shape index (κ3) is 4.22. The van der Waals surface area contributed by atoms with E-state index in [4.69, 9.17) is 0 Å². The number of benzene rings is 1. The number of hydrogen-bond donors (Lipinski definition) is 1. The van der Waals surface area contributed by atoms with E-state index in [1.807, 2.05) is 6.07 Å². The summed E-state index contributed by atoms with van der Waals surface area (Å²) in [6, 6.07) is 9.89. The number of carbonyl (C=O) groups is 1. The van der Waals surface area contributed by atoms with Crippen molar-refractivity contribution in [2.24, 2.45) is 0 Å². The predicted octanol–water partition coefficient (Wildman–Crippen LogP) is 3.40. The van der Waals surface area contributed by atoms with Crippen LogP contribution < -0.4 is 5.32 Å². The van der Waals surface area contributed by atoms with Gasteiger partial charge in [-0.3, -0.25) is 15.1 Å². The molecule has 11 heteroatoms. The first-order chi connectivity index (χ1) is 13.9. The SMILES string of the molecule is O=C(Nc1nnc(-c2ccccn2)s1)c1cc(S(=O)(=O)N2CCCC2)ccc1Br. The Hall–Kier alpha value is -2.21. The summed E-state index contributed by atoms with van der Waals surface area (Å²) in [6.45, 7) is 1.00. The molecule has 0 aliphatic carbocycles. The second kappa shape index (κ2) is 8.27. The standard InChI is InChI=1S/C18H16BrN5O3S2/c19-14-7-6-12(29(26,27)24-9-3-4-10-24)11-13(14)16(25)21-18-23-22-17(28-18)15-5-1-2-8-20-15/h1-2,5-8,11H,3-4,9-10H2,(H,21,23,25). The molecule has 150 valence electrons. The Kier molecular flexibility index (Phi) is 5.72. The normalized spacial score (nSPS) is 14.8. The fourth-order valence-corrected chi connectivity index (χ4v) is 5.63. The molecule has 0 saturated carbocycles. The molecule has 3 heterocycles. The summed E-state index contributed by atoms with van der Waals surface area (Å²) in [4.78, 5) is 17.1. The smallest absolute Gasteiger partial charge is 0.258 e.